The Morgan fingerprint density at radius 2 is 2.15 bits per heavy atom. The highest BCUT2D eigenvalue weighted by atomic mass is 32.2. The Morgan fingerprint density at radius 3 is 2.75 bits per heavy atom. The highest BCUT2D eigenvalue weighted by Crippen LogP contribution is 2.30. The number of alkyl halides is 3. The van der Waals surface area contributed by atoms with Gasteiger partial charge in [-0.2, -0.15) is 13.2 Å². The van der Waals surface area contributed by atoms with Crippen LogP contribution in [0.15, 0.2) is 18.2 Å². The standard InChI is InChI=1S/C12H11F3N2O2S/c1-7-16-9-6-8(11(18)19)2-3-10(9)17(7)4-5-20-12(13,14)15/h2-3,6H,4-5H2,1H3,(H,18,19). The molecule has 0 spiro atoms. The zero-order valence-corrected chi connectivity index (χ0v) is 11.3. The van der Waals surface area contributed by atoms with Crippen LogP contribution in [0.25, 0.3) is 11.0 Å². The molecule has 0 aliphatic rings. The highest BCUT2D eigenvalue weighted by molar-refractivity contribution is 8.00. The molecule has 0 saturated heterocycles. The lowest BCUT2D eigenvalue weighted by Crippen LogP contribution is -2.08. The molecular formula is C12H11F3N2O2S. The van der Waals surface area contributed by atoms with E-state index in [1.807, 2.05) is 0 Å². The minimum atomic E-state index is -4.25. The normalized spacial score (nSPS) is 12.0. The average molecular weight is 304 g/mol. The average Bonchev–Trinajstić information content (AvgIpc) is 2.63. The number of carbonyl (C=O) groups is 1. The highest BCUT2D eigenvalue weighted by Gasteiger charge is 2.27. The number of carboxylic acids is 1. The molecule has 108 valence electrons. The van der Waals surface area contributed by atoms with Crippen molar-refractivity contribution < 1.29 is 23.1 Å². The lowest BCUT2D eigenvalue weighted by molar-refractivity contribution is -0.0328. The number of nitrogens with zero attached hydrogens (tertiary/aromatic N) is 2. The number of hydrogen-bond donors (Lipinski definition) is 1. The largest absolute Gasteiger partial charge is 0.478 e. The molecule has 1 N–H and O–H groups in total. The molecule has 0 fully saturated rings. The summed E-state index contributed by atoms with van der Waals surface area (Å²) in [4.78, 5) is 15.0. The van der Waals surface area contributed by atoms with E-state index in [1.54, 1.807) is 17.6 Å². The third-order valence-electron chi connectivity index (χ3n) is 2.77. The van der Waals surface area contributed by atoms with Crippen molar-refractivity contribution in [1.82, 2.24) is 9.55 Å². The van der Waals surface area contributed by atoms with Crippen molar-refractivity contribution in [3.63, 3.8) is 0 Å². The van der Waals surface area contributed by atoms with Crippen LogP contribution in [0.5, 0.6) is 0 Å². The summed E-state index contributed by atoms with van der Waals surface area (Å²) < 4.78 is 38.0. The van der Waals surface area contributed by atoms with E-state index in [9.17, 15) is 18.0 Å². The number of thioether (sulfide) groups is 1. The van der Waals surface area contributed by atoms with Crippen LogP contribution in [0.4, 0.5) is 13.2 Å². The van der Waals surface area contributed by atoms with Gasteiger partial charge in [-0.25, -0.2) is 9.78 Å². The Kier molecular flexibility index (Phi) is 3.94. The zero-order valence-electron chi connectivity index (χ0n) is 10.4. The summed E-state index contributed by atoms with van der Waals surface area (Å²) >= 11 is -0.0856. The summed E-state index contributed by atoms with van der Waals surface area (Å²) in [6, 6.07) is 4.40. The van der Waals surface area contributed by atoms with Gasteiger partial charge >= 0.3 is 11.5 Å². The summed E-state index contributed by atoms with van der Waals surface area (Å²) in [7, 11) is 0. The lowest BCUT2D eigenvalue weighted by atomic mass is 10.2. The first-order valence-corrected chi connectivity index (χ1v) is 6.67. The molecule has 0 aliphatic heterocycles. The molecule has 0 unspecified atom stereocenters. The number of benzene rings is 1. The van der Waals surface area contributed by atoms with Crippen LogP contribution in [0.3, 0.4) is 0 Å². The summed E-state index contributed by atoms with van der Waals surface area (Å²) in [6.45, 7) is 1.84. The number of aromatic nitrogens is 2. The van der Waals surface area contributed by atoms with E-state index < -0.39 is 11.5 Å². The van der Waals surface area contributed by atoms with Crippen molar-refractivity contribution in [2.75, 3.05) is 5.75 Å². The molecule has 0 saturated carbocycles. The molecule has 1 aromatic heterocycles. The second kappa shape index (κ2) is 5.35. The third-order valence-corrected chi connectivity index (χ3v) is 3.48. The molecule has 8 heteroatoms. The van der Waals surface area contributed by atoms with E-state index in [2.05, 4.69) is 4.98 Å². The lowest BCUT2D eigenvalue weighted by Gasteiger charge is -2.08. The molecular weight excluding hydrogens is 293 g/mol. The predicted octanol–water partition coefficient (Wildman–Crippen LogP) is 3.30. The molecule has 0 atom stereocenters. The number of rotatable bonds is 4. The van der Waals surface area contributed by atoms with Crippen molar-refractivity contribution in [1.29, 1.82) is 0 Å². The quantitative estimate of drug-likeness (QED) is 0.941. The Balaban J connectivity index is 2.25. The predicted molar refractivity (Wildman–Crippen MR) is 69.9 cm³/mol. The topological polar surface area (TPSA) is 55.1 Å². The number of halogens is 3. The maximum atomic E-state index is 12.1. The number of fused-ring (bicyclic) bond motifs is 1. The Labute approximate surface area is 116 Å². The van der Waals surface area contributed by atoms with E-state index in [0.717, 1.165) is 0 Å². The summed E-state index contributed by atoms with van der Waals surface area (Å²) in [5, 5.41) is 8.89. The van der Waals surface area contributed by atoms with Crippen molar-refractivity contribution >= 4 is 28.8 Å². The smallest absolute Gasteiger partial charge is 0.441 e. The van der Waals surface area contributed by atoms with Gasteiger partial charge in [0.1, 0.15) is 5.82 Å². The first-order valence-electron chi connectivity index (χ1n) is 5.69. The van der Waals surface area contributed by atoms with Crippen LogP contribution in [-0.2, 0) is 6.54 Å². The molecule has 4 nitrogen and oxygen atoms in total. The molecule has 1 aromatic carbocycles. The van der Waals surface area contributed by atoms with Gasteiger partial charge in [-0.15, -0.1) is 0 Å². The van der Waals surface area contributed by atoms with Crippen molar-refractivity contribution in [2.24, 2.45) is 0 Å². The molecule has 1 heterocycles. The number of imidazole rings is 1. The number of carboxylic acid groups (broad SMARTS) is 1. The van der Waals surface area contributed by atoms with Gasteiger partial charge in [0.15, 0.2) is 0 Å². The van der Waals surface area contributed by atoms with E-state index in [0.29, 0.717) is 16.9 Å². The zero-order chi connectivity index (χ0) is 14.9. The maximum Gasteiger partial charge on any atom is 0.441 e. The van der Waals surface area contributed by atoms with Crippen LogP contribution in [-0.4, -0.2) is 31.9 Å². The second-order valence-electron chi connectivity index (χ2n) is 4.11. The van der Waals surface area contributed by atoms with Crippen LogP contribution in [0.1, 0.15) is 16.2 Å². The fourth-order valence-electron chi connectivity index (χ4n) is 1.92. The van der Waals surface area contributed by atoms with Crippen molar-refractivity contribution in [2.45, 2.75) is 19.0 Å². The molecule has 2 rings (SSSR count). The third kappa shape index (κ3) is 3.24. The molecule has 0 amide bonds. The maximum absolute atomic E-state index is 12.1. The summed E-state index contributed by atoms with van der Waals surface area (Å²) in [5.41, 5.74) is -3.04. The molecule has 0 radical (unpaired) electrons. The first-order chi connectivity index (χ1) is 9.28. The summed E-state index contributed by atoms with van der Waals surface area (Å²) in [6.07, 6.45) is 0. The number of hydrogen-bond acceptors (Lipinski definition) is 3. The SMILES string of the molecule is Cc1nc2cc(C(=O)O)ccc2n1CCSC(F)(F)F. The minimum absolute atomic E-state index is 0.0856. The molecule has 0 aliphatic carbocycles. The molecule has 0 bridgehead atoms. The first kappa shape index (κ1) is 14.7. The molecule has 20 heavy (non-hydrogen) atoms. The Morgan fingerprint density at radius 1 is 1.45 bits per heavy atom. The van der Waals surface area contributed by atoms with E-state index in [4.69, 9.17) is 5.11 Å². The van der Waals surface area contributed by atoms with Gasteiger partial charge in [-0.1, -0.05) is 0 Å². The van der Waals surface area contributed by atoms with Gasteiger partial charge in [0, 0.05) is 12.3 Å². The Hall–Kier alpha value is -1.70. The second-order valence-corrected chi connectivity index (χ2v) is 5.27. The van der Waals surface area contributed by atoms with Gasteiger partial charge in [-0.3, -0.25) is 0 Å². The van der Waals surface area contributed by atoms with Gasteiger partial charge < -0.3 is 9.67 Å². The van der Waals surface area contributed by atoms with E-state index in [1.165, 1.54) is 12.1 Å². The Bertz CT molecular complexity index is 652. The van der Waals surface area contributed by atoms with Gasteiger partial charge in [-0.05, 0) is 36.9 Å². The van der Waals surface area contributed by atoms with Gasteiger partial charge in [0.25, 0.3) is 0 Å². The monoisotopic (exact) mass is 304 g/mol. The van der Waals surface area contributed by atoms with E-state index >= 15 is 0 Å². The van der Waals surface area contributed by atoms with E-state index in [-0.39, 0.29) is 29.6 Å². The van der Waals surface area contributed by atoms with Crippen LogP contribution in [0, 0.1) is 6.92 Å². The summed E-state index contributed by atoms with van der Waals surface area (Å²) in [5.74, 6) is -0.617. The van der Waals surface area contributed by atoms with Crippen molar-refractivity contribution in [3.05, 3.63) is 29.6 Å². The fourth-order valence-corrected chi connectivity index (χ4v) is 2.42. The minimum Gasteiger partial charge on any atom is -0.478 e. The van der Waals surface area contributed by atoms with Crippen molar-refractivity contribution in [3.8, 4) is 0 Å². The molecule has 2 aromatic rings. The fraction of sp³-hybridized carbons (Fsp3) is 0.333. The number of aryl methyl sites for hydroxylation is 2. The van der Waals surface area contributed by atoms with Crippen LogP contribution >= 0.6 is 11.8 Å². The number of aromatic carboxylic acids is 1. The van der Waals surface area contributed by atoms with Gasteiger partial charge in [0.05, 0.1) is 16.6 Å². The van der Waals surface area contributed by atoms with Crippen LogP contribution < -0.4 is 0 Å². The van der Waals surface area contributed by atoms with Gasteiger partial charge in [0.2, 0.25) is 0 Å². The van der Waals surface area contributed by atoms with Crippen LogP contribution in [0.2, 0.25) is 0 Å².